The third-order valence-corrected chi connectivity index (χ3v) is 8.62. The maximum Gasteiger partial charge on any atom is 0.389 e. The van der Waals surface area contributed by atoms with Crippen LogP contribution in [-0.2, 0) is 10.0 Å². The van der Waals surface area contributed by atoms with Crippen LogP contribution in [0.3, 0.4) is 0 Å². The van der Waals surface area contributed by atoms with Crippen molar-refractivity contribution >= 4 is 47.4 Å². The van der Waals surface area contributed by atoms with Crippen molar-refractivity contribution in [2.45, 2.75) is 30.8 Å². The Morgan fingerprint density at radius 2 is 1.79 bits per heavy atom. The molecule has 2 heterocycles. The molecule has 0 aliphatic rings. The number of hydrogen-bond acceptors (Lipinski definition) is 5. The van der Waals surface area contributed by atoms with Gasteiger partial charge in [-0.15, -0.1) is 11.3 Å². The summed E-state index contributed by atoms with van der Waals surface area (Å²) in [5, 5.41) is 1.62. The number of halogens is 3. The summed E-state index contributed by atoms with van der Waals surface area (Å²) in [6.07, 6.45) is -4.28. The zero-order chi connectivity index (χ0) is 23.8. The number of aromatic nitrogens is 1. The van der Waals surface area contributed by atoms with Crippen LogP contribution in [0.25, 0.3) is 21.0 Å². The number of aryl methyl sites for hydroxylation is 1. The maximum absolute atomic E-state index is 13.9. The molecule has 0 bridgehead atoms. The van der Waals surface area contributed by atoms with E-state index in [1.54, 1.807) is 19.1 Å². The highest BCUT2D eigenvalue weighted by molar-refractivity contribution is 7.93. The molecule has 4 aromatic rings. The lowest BCUT2D eigenvalue weighted by atomic mass is 10.2. The smallest absolute Gasteiger partial charge is 0.389 e. The van der Waals surface area contributed by atoms with E-state index < -0.39 is 22.6 Å². The Bertz CT molecular complexity index is 1420. The maximum atomic E-state index is 13.9. The van der Waals surface area contributed by atoms with Gasteiger partial charge < -0.3 is 4.74 Å². The second-order valence-electron chi connectivity index (χ2n) is 7.49. The first-order valence-electron chi connectivity index (χ1n) is 10.1. The number of hydrogen-bond donors (Lipinski definition) is 0. The lowest BCUT2D eigenvalue weighted by Gasteiger charge is -2.25. The lowest BCUT2D eigenvalue weighted by molar-refractivity contribution is -0.134. The van der Waals surface area contributed by atoms with Crippen molar-refractivity contribution in [2.24, 2.45) is 0 Å². The molecular weight excluding hydrogens is 473 g/mol. The lowest BCUT2D eigenvalue weighted by Crippen LogP contribution is -2.32. The van der Waals surface area contributed by atoms with Crippen LogP contribution in [0, 0.1) is 6.92 Å². The predicted molar refractivity (Wildman–Crippen MR) is 125 cm³/mol. The monoisotopic (exact) mass is 494 g/mol. The van der Waals surface area contributed by atoms with E-state index in [2.05, 4.69) is 4.98 Å². The third kappa shape index (κ3) is 4.49. The van der Waals surface area contributed by atoms with E-state index in [0.717, 1.165) is 14.4 Å². The zero-order valence-corrected chi connectivity index (χ0v) is 19.5. The number of rotatable bonds is 7. The van der Waals surface area contributed by atoms with Crippen molar-refractivity contribution in [3.05, 3.63) is 60.3 Å². The quantitative estimate of drug-likeness (QED) is 0.302. The van der Waals surface area contributed by atoms with Crippen LogP contribution in [0.4, 0.5) is 18.2 Å². The number of pyridine rings is 1. The van der Waals surface area contributed by atoms with Crippen LogP contribution >= 0.6 is 11.3 Å². The molecule has 0 saturated heterocycles. The highest BCUT2D eigenvalue weighted by Crippen LogP contribution is 2.41. The number of fused-ring (bicyclic) bond motifs is 2. The molecule has 0 N–H and O–H groups in total. The fourth-order valence-corrected chi connectivity index (χ4v) is 6.98. The van der Waals surface area contributed by atoms with E-state index in [1.165, 1.54) is 36.8 Å². The number of thiophene rings is 1. The average molecular weight is 495 g/mol. The molecule has 0 aliphatic heterocycles. The number of alkyl halides is 3. The van der Waals surface area contributed by atoms with Crippen LogP contribution in [0.5, 0.6) is 5.75 Å². The molecule has 4 rings (SSSR count). The van der Waals surface area contributed by atoms with Gasteiger partial charge in [-0.25, -0.2) is 8.42 Å². The van der Waals surface area contributed by atoms with Gasteiger partial charge in [-0.05, 0) is 54.6 Å². The van der Waals surface area contributed by atoms with Gasteiger partial charge in [-0.3, -0.25) is 9.29 Å². The van der Waals surface area contributed by atoms with Gasteiger partial charge in [0.25, 0.3) is 10.0 Å². The molecule has 5 nitrogen and oxygen atoms in total. The average Bonchev–Trinajstić information content (AvgIpc) is 3.11. The van der Waals surface area contributed by atoms with Crippen molar-refractivity contribution in [3.8, 4) is 5.75 Å². The number of nitrogens with zero attached hydrogens (tertiary/aromatic N) is 2. The second kappa shape index (κ2) is 8.83. The summed E-state index contributed by atoms with van der Waals surface area (Å²) in [6, 6.07) is 13.6. The molecular formula is C23H21F3N2O3S2. The van der Waals surface area contributed by atoms with Gasteiger partial charge in [0.1, 0.15) is 16.3 Å². The van der Waals surface area contributed by atoms with Gasteiger partial charge in [-0.1, -0.05) is 18.2 Å². The highest BCUT2D eigenvalue weighted by Gasteiger charge is 2.32. The number of methoxy groups -OCH3 is 1. The largest absolute Gasteiger partial charge is 0.494 e. The standard InChI is InChI=1S/C23H21F3N2O3S2/c1-15-16-7-3-4-9-19(16)32-22(15)28(14-6-12-23(24,25)26)33(29,30)20-11-10-18(31-2)21-17(20)8-5-13-27-21/h3-5,7-11,13H,6,12,14H2,1-2H3. The fraction of sp³-hybridized carbons (Fsp3) is 0.261. The zero-order valence-electron chi connectivity index (χ0n) is 17.9. The van der Waals surface area contributed by atoms with Crippen LogP contribution in [-0.4, -0.2) is 33.2 Å². The topological polar surface area (TPSA) is 59.5 Å². The molecule has 0 amide bonds. The summed E-state index contributed by atoms with van der Waals surface area (Å²) >= 11 is 1.25. The summed E-state index contributed by atoms with van der Waals surface area (Å²) < 4.78 is 73.7. The van der Waals surface area contributed by atoms with Crippen LogP contribution < -0.4 is 9.04 Å². The summed E-state index contributed by atoms with van der Waals surface area (Å²) in [7, 11) is -2.75. The van der Waals surface area contributed by atoms with Gasteiger partial charge in [0.05, 0.1) is 12.0 Å². The van der Waals surface area contributed by atoms with E-state index in [0.29, 0.717) is 27.2 Å². The molecule has 0 fully saturated rings. The highest BCUT2D eigenvalue weighted by atomic mass is 32.2. The molecule has 0 radical (unpaired) electrons. The van der Waals surface area contributed by atoms with Crippen LogP contribution in [0.1, 0.15) is 18.4 Å². The first-order valence-corrected chi connectivity index (χ1v) is 12.4. The first-order chi connectivity index (χ1) is 15.6. The molecule has 0 atom stereocenters. The third-order valence-electron chi connectivity index (χ3n) is 5.35. The Balaban J connectivity index is 1.88. The van der Waals surface area contributed by atoms with Crippen LogP contribution in [0.2, 0.25) is 0 Å². The second-order valence-corrected chi connectivity index (χ2v) is 10.4. The molecule has 33 heavy (non-hydrogen) atoms. The van der Waals surface area contributed by atoms with Gasteiger partial charge in [-0.2, -0.15) is 13.2 Å². The molecule has 2 aromatic heterocycles. The van der Waals surface area contributed by atoms with Crippen molar-refractivity contribution in [3.63, 3.8) is 0 Å². The number of sulfonamides is 1. The van der Waals surface area contributed by atoms with E-state index in [-0.39, 0.29) is 17.9 Å². The molecule has 0 unspecified atom stereocenters. The minimum absolute atomic E-state index is 0.0322. The first kappa shape index (κ1) is 23.3. The molecule has 0 saturated carbocycles. The Morgan fingerprint density at radius 3 is 2.48 bits per heavy atom. The Labute approximate surface area is 193 Å². The Morgan fingerprint density at radius 1 is 1.06 bits per heavy atom. The summed E-state index contributed by atoms with van der Waals surface area (Å²) in [4.78, 5) is 4.22. The van der Waals surface area contributed by atoms with Crippen molar-refractivity contribution in [1.29, 1.82) is 0 Å². The molecule has 0 spiro atoms. The van der Waals surface area contributed by atoms with Gasteiger partial charge in [0.2, 0.25) is 0 Å². The molecule has 10 heteroatoms. The number of benzene rings is 2. The van der Waals surface area contributed by atoms with E-state index in [1.807, 2.05) is 24.3 Å². The predicted octanol–water partition coefficient (Wildman–Crippen LogP) is 6.30. The van der Waals surface area contributed by atoms with Gasteiger partial charge >= 0.3 is 6.18 Å². The minimum Gasteiger partial charge on any atom is -0.494 e. The normalized spacial score (nSPS) is 12.4. The summed E-state index contributed by atoms with van der Waals surface area (Å²) in [6.45, 7) is 1.48. The number of anilines is 1. The van der Waals surface area contributed by atoms with Crippen LogP contribution in [0.15, 0.2) is 59.6 Å². The number of ether oxygens (including phenoxy) is 1. The van der Waals surface area contributed by atoms with Crippen molar-refractivity contribution in [2.75, 3.05) is 18.0 Å². The summed E-state index contributed by atoms with van der Waals surface area (Å²) in [5.74, 6) is 0.409. The van der Waals surface area contributed by atoms with E-state index >= 15 is 0 Å². The van der Waals surface area contributed by atoms with Crippen molar-refractivity contribution < 1.29 is 26.3 Å². The van der Waals surface area contributed by atoms with Gasteiger partial charge in [0, 0.05) is 29.2 Å². The minimum atomic E-state index is -4.37. The Hall–Kier alpha value is -2.85. The molecule has 2 aromatic carbocycles. The van der Waals surface area contributed by atoms with E-state index in [9.17, 15) is 21.6 Å². The molecule has 174 valence electrons. The Kier molecular flexibility index (Phi) is 6.24. The fourth-order valence-electron chi connectivity index (χ4n) is 3.78. The van der Waals surface area contributed by atoms with E-state index in [4.69, 9.17) is 4.74 Å². The van der Waals surface area contributed by atoms with Crippen molar-refractivity contribution in [1.82, 2.24) is 4.98 Å². The summed E-state index contributed by atoms with van der Waals surface area (Å²) in [5.41, 5.74) is 1.08. The molecule has 0 aliphatic carbocycles. The van der Waals surface area contributed by atoms with Gasteiger partial charge in [0.15, 0.2) is 0 Å². The SMILES string of the molecule is COc1ccc(S(=O)(=O)N(CCCC(F)(F)F)c2sc3ccccc3c2C)c2cccnc12.